The van der Waals surface area contributed by atoms with Crippen LogP contribution in [-0.2, 0) is 11.3 Å². The number of carbonyl (C=O) groups excluding carboxylic acids is 1. The largest absolute Gasteiger partial charge is 0.384 e. The van der Waals surface area contributed by atoms with Gasteiger partial charge in [-0.05, 0) is 18.6 Å². The standard InChI is InChI=1S/C12H17ClN4O/c1-2-10-12(18)15-5-6-17(10)7-9-8(13)3-4-11(14)16-9/h3-4,10H,2,5-7H2,1H3,(H2,14,16)(H,15,18). The number of nitrogens with two attached hydrogens (primary N) is 1. The van der Waals surface area contributed by atoms with E-state index in [1.807, 2.05) is 6.92 Å². The van der Waals surface area contributed by atoms with Gasteiger partial charge in [0.25, 0.3) is 0 Å². The van der Waals surface area contributed by atoms with E-state index in [2.05, 4.69) is 15.2 Å². The highest BCUT2D eigenvalue weighted by Crippen LogP contribution is 2.19. The van der Waals surface area contributed by atoms with Gasteiger partial charge in [-0.25, -0.2) is 4.98 Å². The number of piperazine rings is 1. The summed E-state index contributed by atoms with van der Waals surface area (Å²) in [6.07, 6.45) is 0.770. The van der Waals surface area contributed by atoms with Crippen LogP contribution in [0.1, 0.15) is 19.0 Å². The lowest BCUT2D eigenvalue weighted by atomic mass is 10.1. The molecule has 0 bridgehead atoms. The van der Waals surface area contributed by atoms with Crippen LogP contribution in [-0.4, -0.2) is 34.9 Å². The fourth-order valence-corrected chi connectivity index (χ4v) is 2.36. The van der Waals surface area contributed by atoms with Crippen LogP contribution in [0.2, 0.25) is 5.02 Å². The summed E-state index contributed by atoms with van der Waals surface area (Å²) in [6.45, 7) is 4.01. The first-order valence-corrected chi connectivity index (χ1v) is 6.42. The summed E-state index contributed by atoms with van der Waals surface area (Å²) in [7, 11) is 0. The van der Waals surface area contributed by atoms with E-state index >= 15 is 0 Å². The number of halogens is 1. The average molecular weight is 269 g/mol. The van der Waals surface area contributed by atoms with Crippen molar-refractivity contribution in [2.24, 2.45) is 0 Å². The Morgan fingerprint density at radius 3 is 3.11 bits per heavy atom. The highest BCUT2D eigenvalue weighted by atomic mass is 35.5. The predicted octanol–water partition coefficient (Wildman–Crippen LogP) is 1.03. The Morgan fingerprint density at radius 1 is 1.61 bits per heavy atom. The average Bonchev–Trinajstić information content (AvgIpc) is 2.34. The number of nitrogens with one attached hydrogen (secondary N) is 1. The number of hydrogen-bond acceptors (Lipinski definition) is 4. The van der Waals surface area contributed by atoms with Crippen molar-refractivity contribution in [1.82, 2.24) is 15.2 Å². The van der Waals surface area contributed by atoms with Gasteiger partial charge in [0.2, 0.25) is 5.91 Å². The smallest absolute Gasteiger partial charge is 0.237 e. The number of hydrogen-bond donors (Lipinski definition) is 2. The number of aromatic nitrogens is 1. The van der Waals surface area contributed by atoms with Crippen molar-refractivity contribution in [1.29, 1.82) is 0 Å². The van der Waals surface area contributed by atoms with Crippen LogP contribution in [0.5, 0.6) is 0 Å². The van der Waals surface area contributed by atoms with E-state index in [1.165, 1.54) is 0 Å². The molecule has 1 aromatic heterocycles. The third-order valence-electron chi connectivity index (χ3n) is 3.12. The Morgan fingerprint density at radius 2 is 2.39 bits per heavy atom. The van der Waals surface area contributed by atoms with Gasteiger partial charge in [0.1, 0.15) is 5.82 Å². The second-order valence-corrected chi connectivity index (χ2v) is 4.76. The first-order chi connectivity index (χ1) is 8.61. The third-order valence-corrected chi connectivity index (χ3v) is 3.47. The Bertz CT molecular complexity index is 452. The van der Waals surface area contributed by atoms with Gasteiger partial charge in [-0.3, -0.25) is 9.69 Å². The molecule has 2 rings (SSSR count). The molecule has 1 saturated heterocycles. The number of amides is 1. The molecule has 1 amide bonds. The van der Waals surface area contributed by atoms with Crippen molar-refractivity contribution in [2.75, 3.05) is 18.8 Å². The van der Waals surface area contributed by atoms with Crippen LogP contribution in [0.3, 0.4) is 0 Å². The molecule has 0 spiro atoms. The molecule has 0 radical (unpaired) electrons. The summed E-state index contributed by atoms with van der Waals surface area (Å²) < 4.78 is 0. The minimum absolute atomic E-state index is 0.0729. The van der Waals surface area contributed by atoms with Crippen LogP contribution in [0, 0.1) is 0 Å². The highest BCUT2D eigenvalue weighted by molar-refractivity contribution is 6.31. The van der Waals surface area contributed by atoms with Gasteiger partial charge < -0.3 is 11.1 Å². The molecule has 0 saturated carbocycles. The highest BCUT2D eigenvalue weighted by Gasteiger charge is 2.28. The van der Waals surface area contributed by atoms with Crippen molar-refractivity contribution < 1.29 is 4.79 Å². The number of carbonyl (C=O) groups is 1. The van der Waals surface area contributed by atoms with Crippen LogP contribution in [0.25, 0.3) is 0 Å². The Hall–Kier alpha value is -1.33. The van der Waals surface area contributed by atoms with Crippen LogP contribution < -0.4 is 11.1 Å². The van der Waals surface area contributed by atoms with Gasteiger partial charge in [0, 0.05) is 19.6 Å². The fraction of sp³-hybridized carbons (Fsp3) is 0.500. The molecule has 1 aromatic rings. The van der Waals surface area contributed by atoms with Crippen LogP contribution >= 0.6 is 11.6 Å². The quantitative estimate of drug-likeness (QED) is 0.859. The van der Waals surface area contributed by atoms with Gasteiger partial charge in [-0.1, -0.05) is 18.5 Å². The molecular weight excluding hydrogens is 252 g/mol. The first kappa shape index (κ1) is 13.1. The molecule has 6 heteroatoms. The topological polar surface area (TPSA) is 71.2 Å². The summed E-state index contributed by atoms with van der Waals surface area (Å²) in [5.41, 5.74) is 6.39. The van der Waals surface area contributed by atoms with Crippen molar-refractivity contribution >= 4 is 23.3 Å². The molecule has 1 aliphatic rings. The van der Waals surface area contributed by atoms with E-state index < -0.39 is 0 Å². The van der Waals surface area contributed by atoms with E-state index in [4.69, 9.17) is 17.3 Å². The van der Waals surface area contributed by atoms with Crippen molar-refractivity contribution in [3.05, 3.63) is 22.8 Å². The van der Waals surface area contributed by atoms with Gasteiger partial charge in [-0.2, -0.15) is 0 Å². The molecule has 18 heavy (non-hydrogen) atoms. The second-order valence-electron chi connectivity index (χ2n) is 4.35. The SMILES string of the molecule is CCC1C(=O)NCCN1Cc1nc(N)ccc1Cl. The maximum atomic E-state index is 11.7. The lowest BCUT2D eigenvalue weighted by molar-refractivity contribution is -0.129. The molecule has 1 atom stereocenters. The molecule has 2 heterocycles. The number of nitrogens with zero attached hydrogens (tertiary/aromatic N) is 2. The summed E-state index contributed by atoms with van der Waals surface area (Å²) in [6, 6.07) is 3.30. The van der Waals surface area contributed by atoms with E-state index in [-0.39, 0.29) is 11.9 Å². The van der Waals surface area contributed by atoms with Crippen molar-refractivity contribution in [2.45, 2.75) is 25.9 Å². The molecule has 0 aromatic carbocycles. The molecule has 3 N–H and O–H groups in total. The summed E-state index contributed by atoms with van der Waals surface area (Å²) in [4.78, 5) is 18.1. The lowest BCUT2D eigenvalue weighted by Crippen LogP contribution is -2.54. The zero-order chi connectivity index (χ0) is 13.1. The summed E-state index contributed by atoms with van der Waals surface area (Å²) in [5.74, 6) is 0.521. The zero-order valence-corrected chi connectivity index (χ0v) is 11.1. The van der Waals surface area contributed by atoms with E-state index in [0.29, 0.717) is 23.9 Å². The maximum Gasteiger partial charge on any atom is 0.237 e. The minimum atomic E-state index is -0.113. The molecular formula is C12H17ClN4O. The van der Waals surface area contributed by atoms with Crippen LogP contribution in [0.15, 0.2) is 12.1 Å². The predicted molar refractivity (Wildman–Crippen MR) is 71.2 cm³/mol. The molecule has 1 unspecified atom stereocenters. The molecule has 98 valence electrons. The van der Waals surface area contributed by atoms with Crippen LogP contribution in [0.4, 0.5) is 5.82 Å². The van der Waals surface area contributed by atoms with E-state index in [9.17, 15) is 4.79 Å². The minimum Gasteiger partial charge on any atom is -0.384 e. The molecule has 1 aliphatic heterocycles. The van der Waals surface area contributed by atoms with Crippen molar-refractivity contribution in [3.63, 3.8) is 0 Å². The summed E-state index contributed by atoms with van der Waals surface area (Å²) in [5, 5.41) is 3.45. The third kappa shape index (κ3) is 2.73. The Labute approximate surface area is 111 Å². The number of nitrogen functional groups attached to an aromatic ring is 1. The molecule has 5 nitrogen and oxygen atoms in total. The zero-order valence-electron chi connectivity index (χ0n) is 10.3. The van der Waals surface area contributed by atoms with Gasteiger partial charge in [0.15, 0.2) is 0 Å². The summed E-state index contributed by atoms with van der Waals surface area (Å²) >= 11 is 6.10. The number of pyridine rings is 1. The molecule has 1 fully saturated rings. The normalized spacial score (nSPS) is 20.8. The van der Waals surface area contributed by atoms with E-state index in [1.54, 1.807) is 12.1 Å². The van der Waals surface area contributed by atoms with Gasteiger partial charge in [0.05, 0.1) is 16.8 Å². The van der Waals surface area contributed by atoms with Gasteiger partial charge in [-0.15, -0.1) is 0 Å². The molecule has 0 aliphatic carbocycles. The number of rotatable bonds is 3. The lowest BCUT2D eigenvalue weighted by Gasteiger charge is -2.34. The second kappa shape index (κ2) is 5.54. The Kier molecular flexibility index (Phi) is 4.04. The van der Waals surface area contributed by atoms with E-state index in [0.717, 1.165) is 18.7 Å². The first-order valence-electron chi connectivity index (χ1n) is 6.04. The Balaban J connectivity index is 2.16. The fourth-order valence-electron chi connectivity index (χ4n) is 2.20. The monoisotopic (exact) mass is 268 g/mol. The number of anilines is 1. The van der Waals surface area contributed by atoms with Crippen molar-refractivity contribution in [3.8, 4) is 0 Å². The maximum absolute atomic E-state index is 11.7. The van der Waals surface area contributed by atoms with Gasteiger partial charge >= 0.3 is 0 Å².